The molecule has 0 saturated carbocycles. The first-order valence-corrected chi connectivity index (χ1v) is 6.80. The van der Waals surface area contributed by atoms with Crippen LogP contribution in [0.2, 0.25) is 0 Å². The van der Waals surface area contributed by atoms with E-state index in [9.17, 15) is 17.6 Å². The van der Waals surface area contributed by atoms with Crippen molar-refractivity contribution in [2.24, 2.45) is 0 Å². The van der Waals surface area contributed by atoms with Crippen LogP contribution in [0.25, 0.3) is 22.2 Å². The summed E-state index contributed by atoms with van der Waals surface area (Å²) in [5.74, 6) is -0.467. The second-order valence-corrected chi connectivity index (χ2v) is 5.24. The van der Waals surface area contributed by atoms with Gasteiger partial charge in [0, 0.05) is 16.6 Å². The molecule has 0 radical (unpaired) electrons. The van der Waals surface area contributed by atoms with Crippen LogP contribution in [0.4, 0.5) is 23.2 Å². The predicted molar refractivity (Wildman–Crippen MR) is 81.3 cm³/mol. The maximum Gasteiger partial charge on any atom is 0.417 e. The summed E-state index contributed by atoms with van der Waals surface area (Å²) in [6, 6.07) is 8.89. The lowest BCUT2D eigenvalue weighted by Crippen LogP contribution is -2.08. The van der Waals surface area contributed by atoms with Gasteiger partial charge in [0.15, 0.2) is 0 Å². The molecular weight excluding hydrogens is 308 g/mol. The van der Waals surface area contributed by atoms with Crippen molar-refractivity contribution in [2.75, 3.05) is 5.73 Å². The average Bonchev–Trinajstić information content (AvgIpc) is 2.50. The van der Waals surface area contributed by atoms with Crippen molar-refractivity contribution in [3.05, 3.63) is 59.4 Å². The van der Waals surface area contributed by atoms with E-state index in [1.54, 1.807) is 6.92 Å². The Bertz CT molecular complexity index is 884. The Balaban J connectivity index is 2.36. The SMILES string of the molecule is Cc1c(N)ccc2c(C(F)(F)F)cc(-c3ccc(F)cc3)nc12. The molecule has 1 aromatic heterocycles. The lowest BCUT2D eigenvalue weighted by molar-refractivity contribution is -0.136. The topological polar surface area (TPSA) is 38.9 Å². The number of pyridine rings is 1. The van der Waals surface area contributed by atoms with Crippen molar-refractivity contribution in [2.45, 2.75) is 13.1 Å². The van der Waals surface area contributed by atoms with Gasteiger partial charge in [-0.2, -0.15) is 13.2 Å². The zero-order valence-electron chi connectivity index (χ0n) is 12.1. The Morgan fingerprint density at radius 3 is 2.26 bits per heavy atom. The number of hydrogen-bond acceptors (Lipinski definition) is 2. The van der Waals surface area contributed by atoms with E-state index in [1.807, 2.05) is 0 Å². The summed E-state index contributed by atoms with van der Waals surface area (Å²) < 4.78 is 53.2. The van der Waals surface area contributed by atoms with E-state index in [0.29, 0.717) is 16.8 Å². The molecule has 0 unspecified atom stereocenters. The van der Waals surface area contributed by atoms with Gasteiger partial charge in [0.2, 0.25) is 0 Å². The molecule has 2 nitrogen and oxygen atoms in total. The summed E-state index contributed by atoms with van der Waals surface area (Å²) in [6.45, 7) is 1.62. The van der Waals surface area contributed by atoms with Gasteiger partial charge in [0.05, 0.1) is 16.8 Å². The van der Waals surface area contributed by atoms with E-state index in [-0.39, 0.29) is 16.6 Å². The highest BCUT2D eigenvalue weighted by Gasteiger charge is 2.34. The molecule has 0 aliphatic rings. The lowest BCUT2D eigenvalue weighted by Gasteiger charge is -2.14. The first-order chi connectivity index (χ1) is 10.8. The number of aromatic nitrogens is 1. The Labute approximate surface area is 129 Å². The van der Waals surface area contributed by atoms with Crippen LogP contribution in [0, 0.1) is 12.7 Å². The maximum absolute atomic E-state index is 13.4. The third kappa shape index (κ3) is 2.72. The van der Waals surface area contributed by atoms with Gasteiger partial charge < -0.3 is 5.73 Å². The van der Waals surface area contributed by atoms with Crippen LogP contribution in [0.5, 0.6) is 0 Å². The third-order valence-corrected chi connectivity index (χ3v) is 3.72. The van der Waals surface area contributed by atoms with Crippen molar-refractivity contribution >= 4 is 16.6 Å². The van der Waals surface area contributed by atoms with Crippen LogP contribution in [-0.4, -0.2) is 4.98 Å². The fourth-order valence-corrected chi connectivity index (χ4v) is 2.45. The van der Waals surface area contributed by atoms with Gasteiger partial charge >= 0.3 is 6.18 Å². The minimum absolute atomic E-state index is 0.00457. The molecule has 3 aromatic rings. The fraction of sp³-hybridized carbons (Fsp3) is 0.118. The Kier molecular flexibility index (Phi) is 3.47. The smallest absolute Gasteiger partial charge is 0.398 e. The second kappa shape index (κ2) is 5.22. The maximum atomic E-state index is 13.4. The van der Waals surface area contributed by atoms with Crippen LogP contribution in [0.1, 0.15) is 11.1 Å². The molecule has 0 aliphatic carbocycles. The lowest BCUT2D eigenvalue weighted by atomic mass is 10.0. The molecule has 0 aliphatic heterocycles. The number of nitrogens with zero attached hydrogens (tertiary/aromatic N) is 1. The summed E-state index contributed by atoms with van der Waals surface area (Å²) in [4.78, 5) is 4.31. The number of rotatable bonds is 1. The number of alkyl halides is 3. The van der Waals surface area contributed by atoms with Crippen molar-refractivity contribution < 1.29 is 17.6 Å². The number of anilines is 1. The van der Waals surface area contributed by atoms with Gasteiger partial charge in [-0.05, 0) is 48.9 Å². The first-order valence-electron chi connectivity index (χ1n) is 6.80. The Hall–Kier alpha value is -2.63. The van der Waals surface area contributed by atoms with Crippen LogP contribution < -0.4 is 5.73 Å². The molecule has 0 spiro atoms. The molecule has 1 heterocycles. The number of benzene rings is 2. The van der Waals surface area contributed by atoms with Gasteiger partial charge in [-0.3, -0.25) is 0 Å². The first kappa shape index (κ1) is 15.3. The van der Waals surface area contributed by atoms with Gasteiger partial charge in [-0.1, -0.05) is 6.07 Å². The molecule has 2 N–H and O–H groups in total. The summed E-state index contributed by atoms with van der Waals surface area (Å²) in [5, 5.41) is -0.00457. The summed E-state index contributed by atoms with van der Waals surface area (Å²) >= 11 is 0. The van der Waals surface area contributed by atoms with E-state index < -0.39 is 17.6 Å². The normalized spacial score (nSPS) is 11.9. The van der Waals surface area contributed by atoms with Crippen molar-refractivity contribution in [1.29, 1.82) is 0 Å². The molecule has 2 aromatic carbocycles. The minimum atomic E-state index is -4.53. The summed E-state index contributed by atoms with van der Waals surface area (Å²) in [7, 11) is 0. The second-order valence-electron chi connectivity index (χ2n) is 5.24. The van der Waals surface area contributed by atoms with E-state index in [1.165, 1.54) is 36.4 Å². The van der Waals surface area contributed by atoms with E-state index in [0.717, 1.165) is 6.07 Å². The molecule has 23 heavy (non-hydrogen) atoms. The van der Waals surface area contributed by atoms with Crippen LogP contribution in [0.15, 0.2) is 42.5 Å². The van der Waals surface area contributed by atoms with Crippen molar-refractivity contribution in [3.63, 3.8) is 0 Å². The van der Waals surface area contributed by atoms with Crippen molar-refractivity contribution in [3.8, 4) is 11.3 Å². The van der Waals surface area contributed by atoms with Crippen LogP contribution in [0.3, 0.4) is 0 Å². The summed E-state index contributed by atoms with van der Waals surface area (Å²) in [5.41, 5.74) is 6.57. The molecule has 0 saturated heterocycles. The minimum Gasteiger partial charge on any atom is -0.398 e. The highest BCUT2D eigenvalue weighted by atomic mass is 19.4. The molecule has 6 heteroatoms. The summed E-state index contributed by atoms with van der Waals surface area (Å²) in [6.07, 6.45) is -4.53. The van der Waals surface area contributed by atoms with Crippen molar-refractivity contribution in [1.82, 2.24) is 4.98 Å². The van der Waals surface area contributed by atoms with E-state index in [2.05, 4.69) is 4.98 Å². The molecule has 118 valence electrons. The Morgan fingerprint density at radius 2 is 1.65 bits per heavy atom. The molecule has 0 amide bonds. The highest BCUT2D eigenvalue weighted by Crippen LogP contribution is 2.38. The largest absolute Gasteiger partial charge is 0.417 e. The number of hydrogen-bond donors (Lipinski definition) is 1. The van der Waals surface area contributed by atoms with Crippen LogP contribution >= 0.6 is 0 Å². The quantitative estimate of drug-likeness (QED) is 0.509. The molecule has 0 bridgehead atoms. The number of nitrogens with two attached hydrogens (primary N) is 1. The number of nitrogen functional groups attached to an aromatic ring is 1. The molecule has 3 rings (SSSR count). The number of halogens is 4. The number of fused-ring (bicyclic) bond motifs is 1. The monoisotopic (exact) mass is 320 g/mol. The number of aryl methyl sites for hydroxylation is 1. The zero-order chi connectivity index (χ0) is 16.8. The van der Waals surface area contributed by atoms with Gasteiger partial charge in [-0.25, -0.2) is 9.37 Å². The molecular formula is C17H12F4N2. The highest BCUT2D eigenvalue weighted by molar-refractivity contribution is 5.91. The standard InChI is InChI=1S/C17H12F4N2/c1-9-14(22)7-6-12-13(17(19,20)21)8-15(23-16(9)12)10-2-4-11(18)5-3-10/h2-8H,22H2,1H3. The van der Waals surface area contributed by atoms with E-state index >= 15 is 0 Å². The molecule has 0 atom stereocenters. The molecule has 0 fully saturated rings. The van der Waals surface area contributed by atoms with Gasteiger partial charge in [0.25, 0.3) is 0 Å². The predicted octanol–water partition coefficient (Wildman–Crippen LogP) is 4.95. The van der Waals surface area contributed by atoms with E-state index in [4.69, 9.17) is 5.73 Å². The van der Waals surface area contributed by atoms with Crippen LogP contribution in [-0.2, 0) is 6.18 Å². The average molecular weight is 320 g/mol. The fourth-order valence-electron chi connectivity index (χ4n) is 2.45. The van der Waals surface area contributed by atoms with Gasteiger partial charge in [-0.15, -0.1) is 0 Å². The third-order valence-electron chi connectivity index (χ3n) is 3.72. The van der Waals surface area contributed by atoms with Gasteiger partial charge in [0.1, 0.15) is 5.82 Å². The zero-order valence-corrected chi connectivity index (χ0v) is 12.1. The Morgan fingerprint density at radius 1 is 1.00 bits per heavy atom.